The molecule has 3 nitrogen and oxygen atoms in total. The van der Waals surface area contributed by atoms with E-state index in [0.717, 1.165) is 17.5 Å². The molecule has 1 aliphatic carbocycles. The van der Waals surface area contributed by atoms with Crippen LogP contribution in [0.5, 0.6) is 0 Å². The summed E-state index contributed by atoms with van der Waals surface area (Å²) in [5, 5.41) is 11.1. The van der Waals surface area contributed by atoms with Gasteiger partial charge in [-0.3, -0.25) is 10.1 Å². The van der Waals surface area contributed by atoms with Gasteiger partial charge in [0.05, 0.1) is 10.5 Å². The predicted octanol–water partition coefficient (Wildman–Crippen LogP) is 3.83. The molecule has 1 aliphatic rings. The maximum Gasteiger partial charge on any atom is 0.277 e. The number of nitrogens with zero attached hydrogens (tertiary/aromatic N) is 1. The second-order valence-corrected chi connectivity index (χ2v) is 4.26. The second kappa shape index (κ2) is 4.11. The van der Waals surface area contributed by atoms with Crippen LogP contribution in [0.3, 0.4) is 0 Å². The zero-order valence-corrected chi connectivity index (χ0v) is 9.67. The first-order chi connectivity index (χ1) is 8.77. The number of benzene rings is 2. The summed E-state index contributed by atoms with van der Waals surface area (Å²) in [6.45, 7) is 0. The van der Waals surface area contributed by atoms with E-state index in [1.165, 1.54) is 5.56 Å². The van der Waals surface area contributed by atoms with Gasteiger partial charge in [0.15, 0.2) is 0 Å². The van der Waals surface area contributed by atoms with E-state index in [2.05, 4.69) is 12.1 Å². The highest BCUT2D eigenvalue weighted by molar-refractivity contribution is 5.83. The predicted molar refractivity (Wildman–Crippen MR) is 71.3 cm³/mol. The lowest BCUT2D eigenvalue weighted by atomic mass is 9.96. The van der Waals surface area contributed by atoms with Crippen LogP contribution in [0.15, 0.2) is 48.5 Å². The van der Waals surface area contributed by atoms with Crippen LogP contribution in [0.1, 0.15) is 11.1 Å². The van der Waals surface area contributed by atoms with Crippen molar-refractivity contribution in [3.8, 4) is 11.1 Å². The van der Waals surface area contributed by atoms with Gasteiger partial charge < -0.3 is 0 Å². The van der Waals surface area contributed by atoms with Crippen LogP contribution in [0.25, 0.3) is 17.2 Å². The molecule has 2 aromatic carbocycles. The van der Waals surface area contributed by atoms with Crippen molar-refractivity contribution in [1.29, 1.82) is 0 Å². The summed E-state index contributed by atoms with van der Waals surface area (Å²) in [4.78, 5) is 10.8. The summed E-state index contributed by atoms with van der Waals surface area (Å²) in [6.07, 6.45) is 5.04. The van der Waals surface area contributed by atoms with E-state index in [1.54, 1.807) is 18.2 Å². The van der Waals surface area contributed by atoms with Gasteiger partial charge in [-0.15, -0.1) is 0 Å². The number of hydrogen-bond acceptors (Lipinski definition) is 2. The number of allylic oxidation sites excluding steroid dienone is 1. The molecule has 0 amide bonds. The van der Waals surface area contributed by atoms with E-state index in [0.29, 0.717) is 5.56 Å². The van der Waals surface area contributed by atoms with Crippen molar-refractivity contribution in [3.63, 3.8) is 0 Å². The number of nitro benzene ring substituents is 1. The van der Waals surface area contributed by atoms with Gasteiger partial charge in [0.1, 0.15) is 0 Å². The van der Waals surface area contributed by atoms with Gasteiger partial charge in [0.25, 0.3) is 5.69 Å². The Morgan fingerprint density at radius 1 is 1.00 bits per heavy atom. The molecule has 0 spiro atoms. The molecule has 18 heavy (non-hydrogen) atoms. The van der Waals surface area contributed by atoms with E-state index in [1.807, 2.05) is 24.3 Å². The van der Waals surface area contributed by atoms with Crippen molar-refractivity contribution in [2.75, 3.05) is 0 Å². The van der Waals surface area contributed by atoms with Gasteiger partial charge in [-0.1, -0.05) is 42.5 Å². The Balaban J connectivity index is 2.25. The van der Waals surface area contributed by atoms with Crippen molar-refractivity contribution >= 4 is 11.8 Å². The standard InChI is InChI=1S/C15H11NO2/c17-16(18)15-10-2-1-7-14(15)13-9-4-6-11-5-3-8-12(11)13/h1-4,6-10H,5H2. The normalized spacial score (nSPS) is 12.4. The average Bonchev–Trinajstić information content (AvgIpc) is 2.86. The zero-order valence-electron chi connectivity index (χ0n) is 9.67. The summed E-state index contributed by atoms with van der Waals surface area (Å²) >= 11 is 0. The van der Waals surface area contributed by atoms with Gasteiger partial charge >= 0.3 is 0 Å². The Labute approximate surface area is 105 Å². The SMILES string of the molecule is O=[N+]([O-])c1ccccc1-c1cccc2c1C=CC2. The number of rotatable bonds is 2. The molecule has 0 bridgehead atoms. The van der Waals surface area contributed by atoms with E-state index >= 15 is 0 Å². The minimum atomic E-state index is -0.326. The maximum absolute atomic E-state index is 11.1. The largest absolute Gasteiger partial charge is 0.277 e. The highest BCUT2D eigenvalue weighted by Gasteiger charge is 2.18. The molecule has 0 heterocycles. The third kappa shape index (κ3) is 1.61. The van der Waals surface area contributed by atoms with E-state index in [-0.39, 0.29) is 10.6 Å². The Bertz CT molecular complexity index is 659. The van der Waals surface area contributed by atoms with Crippen LogP contribution in [-0.4, -0.2) is 4.92 Å². The Kier molecular flexibility index (Phi) is 2.45. The smallest absolute Gasteiger partial charge is 0.258 e. The van der Waals surface area contributed by atoms with E-state index < -0.39 is 0 Å². The quantitative estimate of drug-likeness (QED) is 0.588. The molecule has 2 aromatic rings. The van der Waals surface area contributed by atoms with Crippen molar-refractivity contribution in [3.05, 3.63) is 69.8 Å². The van der Waals surface area contributed by atoms with Crippen LogP contribution < -0.4 is 0 Å². The minimum absolute atomic E-state index is 0.159. The Hall–Kier alpha value is -2.42. The fourth-order valence-electron chi connectivity index (χ4n) is 2.39. The molecule has 0 radical (unpaired) electrons. The Morgan fingerprint density at radius 2 is 1.78 bits per heavy atom. The van der Waals surface area contributed by atoms with Gasteiger partial charge in [-0.25, -0.2) is 0 Å². The molecule has 0 aromatic heterocycles. The third-order valence-electron chi connectivity index (χ3n) is 3.21. The summed E-state index contributed by atoms with van der Waals surface area (Å²) in [5.41, 5.74) is 4.11. The van der Waals surface area contributed by atoms with Crippen molar-refractivity contribution < 1.29 is 4.92 Å². The van der Waals surface area contributed by atoms with Gasteiger partial charge in [-0.05, 0) is 29.2 Å². The fourth-order valence-corrected chi connectivity index (χ4v) is 2.39. The van der Waals surface area contributed by atoms with Crippen LogP contribution in [0.2, 0.25) is 0 Å². The lowest BCUT2D eigenvalue weighted by Gasteiger charge is -2.08. The summed E-state index contributed by atoms with van der Waals surface area (Å²) in [5.74, 6) is 0. The van der Waals surface area contributed by atoms with Crippen LogP contribution in [0.4, 0.5) is 5.69 Å². The molecule has 0 unspecified atom stereocenters. The number of fused-ring (bicyclic) bond motifs is 1. The molecule has 3 rings (SSSR count). The van der Waals surface area contributed by atoms with E-state index in [4.69, 9.17) is 0 Å². The summed E-state index contributed by atoms with van der Waals surface area (Å²) in [7, 11) is 0. The highest BCUT2D eigenvalue weighted by Crippen LogP contribution is 2.35. The molecule has 88 valence electrons. The Morgan fingerprint density at radius 3 is 2.61 bits per heavy atom. The van der Waals surface area contributed by atoms with Crippen molar-refractivity contribution in [1.82, 2.24) is 0 Å². The van der Waals surface area contributed by atoms with Gasteiger partial charge in [-0.2, -0.15) is 0 Å². The van der Waals surface area contributed by atoms with Crippen LogP contribution in [0, 0.1) is 10.1 Å². The maximum atomic E-state index is 11.1. The van der Waals surface area contributed by atoms with Gasteiger partial charge in [0, 0.05) is 6.07 Å². The first-order valence-electron chi connectivity index (χ1n) is 5.79. The number of nitro groups is 1. The van der Waals surface area contributed by atoms with Crippen LogP contribution >= 0.6 is 0 Å². The second-order valence-electron chi connectivity index (χ2n) is 4.26. The lowest BCUT2D eigenvalue weighted by Crippen LogP contribution is -1.93. The lowest BCUT2D eigenvalue weighted by molar-refractivity contribution is -0.384. The topological polar surface area (TPSA) is 43.1 Å². The third-order valence-corrected chi connectivity index (χ3v) is 3.21. The molecule has 0 fully saturated rings. The van der Waals surface area contributed by atoms with Gasteiger partial charge in [0.2, 0.25) is 0 Å². The molecule has 0 atom stereocenters. The molecular weight excluding hydrogens is 226 g/mol. The van der Waals surface area contributed by atoms with Crippen molar-refractivity contribution in [2.24, 2.45) is 0 Å². The summed E-state index contributed by atoms with van der Waals surface area (Å²) in [6, 6.07) is 12.8. The molecule has 0 saturated heterocycles. The van der Waals surface area contributed by atoms with E-state index in [9.17, 15) is 10.1 Å². The molecule has 3 heteroatoms. The zero-order chi connectivity index (χ0) is 12.5. The molecule has 0 aliphatic heterocycles. The number of hydrogen-bond donors (Lipinski definition) is 0. The molecular formula is C15H11NO2. The van der Waals surface area contributed by atoms with Crippen LogP contribution in [-0.2, 0) is 6.42 Å². The molecule has 0 N–H and O–H groups in total. The minimum Gasteiger partial charge on any atom is -0.258 e. The molecule has 0 saturated carbocycles. The fraction of sp³-hybridized carbons (Fsp3) is 0.0667. The van der Waals surface area contributed by atoms with Crippen molar-refractivity contribution in [2.45, 2.75) is 6.42 Å². The highest BCUT2D eigenvalue weighted by atomic mass is 16.6. The number of para-hydroxylation sites is 1. The summed E-state index contributed by atoms with van der Waals surface area (Å²) < 4.78 is 0. The first kappa shape index (κ1) is 10.7. The average molecular weight is 237 g/mol. The first-order valence-corrected chi connectivity index (χ1v) is 5.79. The monoisotopic (exact) mass is 237 g/mol.